The number of imidazole rings is 1. The Morgan fingerprint density at radius 2 is 1.93 bits per heavy atom. The predicted molar refractivity (Wildman–Crippen MR) is 92.8 cm³/mol. The van der Waals surface area contributed by atoms with E-state index in [1.54, 1.807) is 6.33 Å². The van der Waals surface area contributed by atoms with Crippen LogP contribution in [0.25, 0.3) is 0 Å². The third-order valence-corrected chi connectivity index (χ3v) is 4.15. The van der Waals surface area contributed by atoms with E-state index in [0.717, 1.165) is 49.9 Å². The Morgan fingerprint density at radius 1 is 1.25 bits per heavy atom. The summed E-state index contributed by atoms with van der Waals surface area (Å²) < 4.78 is 39.4. The molecule has 0 saturated carbocycles. The molecule has 8 nitrogen and oxygen atoms in total. The lowest BCUT2D eigenvalue weighted by Gasteiger charge is -2.19. The summed E-state index contributed by atoms with van der Waals surface area (Å²) in [6.45, 7) is 5.46. The van der Waals surface area contributed by atoms with Gasteiger partial charge < -0.3 is 14.4 Å². The number of hydrogen-bond donors (Lipinski definition) is 1. The van der Waals surface area contributed by atoms with Crippen molar-refractivity contribution in [2.24, 2.45) is 7.05 Å². The molecule has 0 aromatic carbocycles. The second-order valence-corrected chi connectivity index (χ2v) is 6.07. The van der Waals surface area contributed by atoms with Gasteiger partial charge in [0.15, 0.2) is 0 Å². The van der Waals surface area contributed by atoms with Crippen molar-refractivity contribution in [2.75, 3.05) is 19.7 Å². The van der Waals surface area contributed by atoms with E-state index in [1.165, 1.54) is 5.56 Å². The maximum atomic E-state index is 10.6. The van der Waals surface area contributed by atoms with Crippen LogP contribution in [0.5, 0.6) is 5.88 Å². The molecule has 0 bridgehead atoms. The van der Waals surface area contributed by atoms with Crippen molar-refractivity contribution in [3.63, 3.8) is 0 Å². The fraction of sp³-hybridized carbons (Fsp3) is 0.529. The summed E-state index contributed by atoms with van der Waals surface area (Å²) >= 11 is 0. The average molecular weight is 401 g/mol. The lowest BCUT2D eigenvalue weighted by Crippen LogP contribution is -2.27. The number of hydrogen-bond acceptors (Lipinski definition) is 6. The van der Waals surface area contributed by atoms with E-state index in [4.69, 9.17) is 14.6 Å². The number of fused-ring (bicyclic) bond motifs is 1. The second kappa shape index (κ2) is 9.49. The van der Waals surface area contributed by atoms with Crippen LogP contribution < -0.4 is 4.74 Å². The summed E-state index contributed by atoms with van der Waals surface area (Å²) in [5.41, 5.74) is 2.29. The number of aliphatic carboxylic acids is 1. The Hall–Kier alpha value is -2.69. The van der Waals surface area contributed by atoms with Crippen LogP contribution in [-0.4, -0.2) is 61.4 Å². The van der Waals surface area contributed by atoms with Crippen LogP contribution in [0.1, 0.15) is 24.0 Å². The molecule has 1 aliphatic rings. The molecule has 0 radical (unpaired) electrons. The average Bonchev–Trinajstić information content (AvgIpc) is 2.90. The number of carboxylic acid groups (broad SMARTS) is 1. The maximum absolute atomic E-state index is 10.6. The summed E-state index contributed by atoms with van der Waals surface area (Å²) in [5.74, 6) is -0.911. The van der Waals surface area contributed by atoms with Crippen LogP contribution in [0.3, 0.4) is 0 Å². The zero-order valence-electron chi connectivity index (χ0n) is 15.6. The van der Waals surface area contributed by atoms with Crippen LogP contribution in [0.4, 0.5) is 13.2 Å². The molecule has 1 N–H and O–H groups in total. The van der Waals surface area contributed by atoms with Gasteiger partial charge in [-0.15, -0.1) is 0 Å². The largest absolute Gasteiger partial charge is 0.490 e. The molecule has 28 heavy (non-hydrogen) atoms. The number of alkyl halides is 3. The van der Waals surface area contributed by atoms with Gasteiger partial charge >= 0.3 is 12.1 Å². The zero-order valence-corrected chi connectivity index (χ0v) is 15.6. The zero-order chi connectivity index (χ0) is 20.7. The molecule has 0 unspecified atom stereocenters. The van der Waals surface area contributed by atoms with Crippen LogP contribution in [0, 0.1) is 0 Å². The van der Waals surface area contributed by atoms with Gasteiger partial charge in [-0.05, 0) is 13.3 Å². The van der Waals surface area contributed by atoms with Gasteiger partial charge in [0.05, 0.1) is 18.8 Å². The Kier molecular flexibility index (Phi) is 7.32. The number of aromatic nitrogens is 4. The summed E-state index contributed by atoms with van der Waals surface area (Å²) in [6.07, 6.45) is 2.22. The highest BCUT2D eigenvalue weighted by Gasteiger charge is 2.38. The van der Waals surface area contributed by atoms with Crippen molar-refractivity contribution in [1.29, 1.82) is 0 Å². The Bertz CT molecular complexity index is 795. The molecular formula is C17H22F3N5O3. The molecule has 0 aliphatic carbocycles. The highest BCUT2D eigenvalue weighted by molar-refractivity contribution is 5.73. The number of carbonyl (C=O) groups is 1. The minimum absolute atomic E-state index is 0.639. The van der Waals surface area contributed by atoms with E-state index in [2.05, 4.69) is 24.4 Å². The first-order valence-electron chi connectivity index (χ1n) is 8.66. The third kappa shape index (κ3) is 5.91. The maximum Gasteiger partial charge on any atom is 0.490 e. The quantitative estimate of drug-likeness (QED) is 0.836. The van der Waals surface area contributed by atoms with Crippen LogP contribution in [0.15, 0.2) is 18.7 Å². The SMILES string of the molecule is CCOc1ncnc2c1CCN(Cc1nccn1C)CC2.O=C(O)C(F)(F)F. The van der Waals surface area contributed by atoms with Crippen molar-refractivity contribution in [3.8, 4) is 5.88 Å². The Morgan fingerprint density at radius 3 is 2.50 bits per heavy atom. The molecule has 3 heterocycles. The predicted octanol–water partition coefficient (Wildman–Crippen LogP) is 1.84. The third-order valence-electron chi connectivity index (χ3n) is 4.15. The fourth-order valence-electron chi connectivity index (χ4n) is 2.71. The molecule has 0 spiro atoms. The molecule has 3 rings (SSSR count). The van der Waals surface area contributed by atoms with E-state index in [-0.39, 0.29) is 0 Å². The normalized spacial score (nSPS) is 14.5. The lowest BCUT2D eigenvalue weighted by molar-refractivity contribution is -0.192. The molecule has 0 atom stereocenters. The first-order chi connectivity index (χ1) is 13.2. The number of halogens is 3. The van der Waals surface area contributed by atoms with Crippen molar-refractivity contribution in [2.45, 2.75) is 32.5 Å². The summed E-state index contributed by atoms with van der Waals surface area (Å²) in [4.78, 5) is 24.4. The molecular weight excluding hydrogens is 379 g/mol. The number of aryl methyl sites for hydroxylation is 1. The second-order valence-electron chi connectivity index (χ2n) is 6.07. The fourth-order valence-corrected chi connectivity index (χ4v) is 2.71. The monoisotopic (exact) mass is 401 g/mol. The summed E-state index contributed by atoms with van der Waals surface area (Å²) in [6, 6.07) is 0. The van der Waals surface area contributed by atoms with Gasteiger partial charge in [-0.2, -0.15) is 13.2 Å². The molecule has 2 aromatic rings. The standard InChI is InChI=1S/C15H21N5O.C2HF3O2/c1-3-21-15-12-4-7-20(8-5-13(12)17-11-18-15)10-14-16-6-9-19(14)2;3-2(4,5)1(6)7/h6,9,11H,3-5,7-8,10H2,1-2H3;(H,6,7). The first kappa shape index (κ1) is 21.6. The van der Waals surface area contributed by atoms with E-state index < -0.39 is 12.1 Å². The van der Waals surface area contributed by atoms with Gasteiger partial charge in [0.1, 0.15) is 12.2 Å². The molecule has 11 heteroatoms. The van der Waals surface area contributed by atoms with Gasteiger partial charge in [0, 0.05) is 44.5 Å². The number of nitrogens with zero attached hydrogens (tertiary/aromatic N) is 5. The number of ether oxygens (including phenoxy) is 1. The van der Waals surface area contributed by atoms with E-state index in [1.807, 2.05) is 26.4 Å². The molecule has 1 aliphatic heterocycles. The van der Waals surface area contributed by atoms with Crippen molar-refractivity contribution < 1.29 is 27.8 Å². The topological polar surface area (TPSA) is 93.4 Å². The summed E-state index contributed by atoms with van der Waals surface area (Å²) in [7, 11) is 2.04. The van der Waals surface area contributed by atoms with E-state index >= 15 is 0 Å². The van der Waals surface area contributed by atoms with Crippen molar-refractivity contribution >= 4 is 5.97 Å². The highest BCUT2D eigenvalue weighted by atomic mass is 19.4. The summed E-state index contributed by atoms with van der Waals surface area (Å²) in [5, 5.41) is 7.12. The smallest absolute Gasteiger partial charge is 0.478 e. The van der Waals surface area contributed by atoms with Crippen molar-refractivity contribution in [1.82, 2.24) is 24.4 Å². The van der Waals surface area contributed by atoms with Gasteiger partial charge in [-0.25, -0.2) is 19.7 Å². The lowest BCUT2D eigenvalue weighted by atomic mass is 10.1. The van der Waals surface area contributed by atoms with Crippen LogP contribution in [-0.2, 0) is 31.2 Å². The van der Waals surface area contributed by atoms with Crippen LogP contribution in [0.2, 0.25) is 0 Å². The van der Waals surface area contributed by atoms with Gasteiger partial charge in [0.25, 0.3) is 0 Å². The van der Waals surface area contributed by atoms with E-state index in [0.29, 0.717) is 6.61 Å². The van der Waals surface area contributed by atoms with Crippen LogP contribution >= 0.6 is 0 Å². The van der Waals surface area contributed by atoms with Crippen molar-refractivity contribution in [3.05, 3.63) is 35.8 Å². The number of carboxylic acids is 1. The number of rotatable bonds is 4. The molecule has 2 aromatic heterocycles. The first-order valence-corrected chi connectivity index (χ1v) is 8.66. The highest BCUT2D eigenvalue weighted by Crippen LogP contribution is 2.22. The van der Waals surface area contributed by atoms with Gasteiger partial charge in [-0.1, -0.05) is 0 Å². The van der Waals surface area contributed by atoms with E-state index in [9.17, 15) is 13.2 Å². The molecule has 154 valence electrons. The molecule has 0 fully saturated rings. The Balaban J connectivity index is 0.000000345. The minimum atomic E-state index is -5.08. The minimum Gasteiger partial charge on any atom is -0.478 e. The van der Waals surface area contributed by atoms with Gasteiger partial charge in [0.2, 0.25) is 5.88 Å². The Labute approximate surface area is 160 Å². The van der Waals surface area contributed by atoms with Gasteiger partial charge in [-0.3, -0.25) is 4.90 Å². The molecule has 0 saturated heterocycles. The molecule has 0 amide bonds.